The van der Waals surface area contributed by atoms with Gasteiger partial charge in [-0.15, -0.1) is 0 Å². The van der Waals surface area contributed by atoms with E-state index in [1.807, 2.05) is 0 Å². The molecule has 1 rings (SSSR count). The van der Waals surface area contributed by atoms with Gasteiger partial charge in [-0.2, -0.15) is 5.26 Å². The number of nitrogens with zero attached hydrogens (tertiary/aromatic N) is 2. The van der Waals surface area contributed by atoms with Crippen LogP contribution in [-0.4, -0.2) is 42.8 Å². The molecule has 0 aromatic carbocycles. The second-order valence-corrected chi connectivity index (χ2v) is 4.38. The molecule has 1 saturated heterocycles. The van der Waals surface area contributed by atoms with Crippen LogP contribution in [0.5, 0.6) is 0 Å². The normalized spacial score (nSPS) is 24.1. The molecule has 0 aromatic heterocycles. The Morgan fingerprint density at radius 1 is 1.64 bits per heavy atom. The van der Waals surface area contributed by atoms with Crippen molar-refractivity contribution >= 4 is 0 Å². The van der Waals surface area contributed by atoms with Gasteiger partial charge < -0.3 is 10.5 Å². The molecule has 0 saturated carbocycles. The SMILES string of the molecule is CC1(C)COCCN1CCC(N)C#N. The number of ether oxygens (including phenoxy) is 1. The van der Waals surface area contributed by atoms with Gasteiger partial charge >= 0.3 is 0 Å². The van der Waals surface area contributed by atoms with Crippen LogP contribution in [0.25, 0.3) is 0 Å². The van der Waals surface area contributed by atoms with Crippen LogP contribution in [0.2, 0.25) is 0 Å². The first kappa shape index (κ1) is 11.4. The molecule has 1 heterocycles. The van der Waals surface area contributed by atoms with Gasteiger partial charge in [0.05, 0.1) is 25.3 Å². The number of nitriles is 1. The van der Waals surface area contributed by atoms with Gasteiger partial charge in [0.25, 0.3) is 0 Å². The van der Waals surface area contributed by atoms with Crippen LogP contribution >= 0.6 is 0 Å². The van der Waals surface area contributed by atoms with E-state index in [2.05, 4.69) is 24.8 Å². The maximum absolute atomic E-state index is 8.58. The lowest BCUT2D eigenvalue weighted by Crippen LogP contribution is -2.53. The molecule has 4 nitrogen and oxygen atoms in total. The van der Waals surface area contributed by atoms with Gasteiger partial charge in [-0.3, -0.25) is 4.90 Å². The number of hydrogen-bond acceptors (Lipinski definition) is 4. The minimum absolute atomic E-state index is 0.0768. The number of morpholine rings is 1. The lowest BCUT2D eigenvalue weighted by Gasteiger charge is -2.42. The molecule has 0 amide bonds. The van der Waals surface area contributed by atoms with Crippen molar-refractivity contribution in [2.75, 3.05) is 26.3 Å². The zero-order chi connectivity index (χ0) is 10.6. The molecule has 80 valence electrons. The molecule has 0 bridgehead atoms. The third kappa shape index (κ3) is 2.95. The third-order valence-corrected chi connectivity index (χ3v) is 2.69. The molecular weight excluding hydrogens is 178 g/mol. The summed E-state index contributed by atoms with van der Waals surface area (Å²) in [6.45, 7) is 7.67. The van der Waals surface area contributed by atoms with Gasteiger partial charge in [-0.05, 0) is 20.3 Å². The molecule has 0 aromatic rings. The van der Waals surface area contributed by atoms with Crippen LogP contribution in [0, 0.1) is 11.3 Å². The number of rotatable bonds is 3. The molecule has 0 radical (unpaired) electrons. The van der Waals surface area contributed by atoms with Crippen molar-refractivity contribution in [3.63, 3.8) is 0 Å². The minimum atomic E-state index is -0.339. The maximum atomic E-state index is 8.58. The minimum Gasteiger partial charge on any atom is -0.378 e. The van der Waals surface area contributed by atoms with Gasteiger partial charge in [0.1, 0.15) is 0 Å². The fourth-order valence-electron chi connectivity index (χ4n) is 1.66. The summed E-state index contributed by atoms with van der Waals surface area (Å²) in [6.07, 6.45) is 0.736. The van der Waals surface area contributed by atoms with Crippen LogP contribution in [-0.2, 0) is 4.74 Å². The summed E-state index contributed by atoms with van der Waals surface area (Å²) in [4.78, 5) is 2.34. The zero-order valence-electron chi connectivity index (χ0n) is 8.99. The first-order valence-electron chi connectivity index (χ1n) is 5.04. The summed E-state index contributed by atoms with van der Waals surface area (Å²) in [6, 6.07) is 1.71. The average Bonchev–Trinajstić information content (AvgIpc) is 2.15. The Kier molecular flexibility index (Phi) is 3.87. The highest BCUT2D eigenvalue weighted by Crippen LogP contribution is 2.18. The third-order valence-electron chi connectivity index (χ3n) is 2.69. The van der Waals surface area contributed by atoms with E-state index >= 15 is 0 Å². The Balaban J connectivity index is 2.39. The molecule has 2 N–H and O–H groups in total. The van der Waals surface area contributed by atoms with E-state index in [4.69, 9.17) is 15.7 Å². The molecule has 1 aliphatic heterocycles. The predicted molar refractivity (Wildman–Crippen MR) is 54.7 cm³/mol. The van der Waals surface area contributed by atoms with Gasteiger partial charge in [0.2, 0.25) is 0 Å². The monoisotopic (exact) mass is 197 g/mol. The van der Waals surface area contributed by atoms with Gasteiger partial charge in [0, 0.05) is 18.6 Å². The fourth-order valence-corrected chi connectivity index (χ4v) is 1.66. The summed E-state index contributed by atoms with van der Waals surface area (Å²) in [5.41, 5.74) is 5.64. The lowest BCUT2D eigenvalue weighted by molar-refractivity contribution is -0.0513. The van der Waals surface area contributed by atoms with E-state index in [0.717, 1.165) is 32.7 Å². The summed E-state index contributed by atoms with van der Waals surface area (Å²) >= 11 is 0. The molecule has 1 fully saturated rings. The highest BCUT2D eigenvalue weighted by atomic mass is 16.5. The highest BCUT2D eigenvalue weighted by molar-refractivity contribution is 4.90. The topological polar surface area (TPSA) is 62.3 Å². The van der Waals surface area contributed by atoms with E-state index in [-0.39, 0.29) is 11.6 Å². The predicted octanol–water partition coefficient (Wildman–Crippen LogP) is 0.338. The molecule has 4 heteroatoms. The van der Waals surface area contributed by atoms with E-state index < -0.39 is 0 Å². The second kappa shape index (κ2) is 4.74. The molecular formula is C10H19N3O. The van der Waals surface area contributed by atoms with Gasteiger partial charge in [-0.1, -0.05) is 0 Å². The fraction of sp³-hybridized carbons (Fsp3) is 0.900. The van der Waals surface area contributed by atoms with Crippen molar-refractivity contribution in [2.24, 2.45) is 5.73 Å². The van der Waals surface area contributed by atoms with E-state index in [0.29, 0.717) is 0 Å². The van der Waals surface area contributed by atoms with E-state index in [1.165, 1.54) is 0 Å². The average molecular weight is 197 g/mol. The first-order chi connectivity index (χ1) is 6.56. The summed E-state index contributed by atoms with van der Waals surface area (Å²) < 4.78 is 5.41. The van der Waals surface area contributed by atoms with Crippen molar-refractivity contribution in [3.05, 3.63) is 0 Å². The van der Waals surface area contributed by atoms with Gasteiger partial charge in [-0.25, -0.2) is 0 Å². The second-order valence-electron chi connectivity index (χ2n) is 4.38. The molecule has 14 heavy (non-hydrogen) atoms. The molecule has 1 aliphatic rings. The summed E-state index contributed by atoms with van der Waals surface area (Å²) in [5.74, 6) is 0. The first-order valence-corrected chi connectivity index (χ1v) is 5.04. The molecule has 0 aliphatic carbocycles. The van der Waals surface area contributed by atoms with Crippen molar-refractivity contribution in [1.29, 1.82) is 5.26 Å². The van der Waals surface area contributed by atoms with Crippen LogP contribution in [0.1, 0.15) is 20.3 Å². The van der Waals surface area contributed by atoms with Crippen molar-refractivity contribution < 1.29 is 4.74 Å². The van der Waals surface area contributed by atoms with Crippen LogP contribution in [0.4, 0.5) is 0 Å². The Hall–Kier alpha value is -0.630. The van der Waals surface area contributed by atoms with Gasteiger partial charge in [0.15, 0.2) is 0 Å². The van der Waals surface area contributed by atoms with E-state index in [9.17, 15) is 0 Å². The van der Waals surface area contributed by atoms with E-state index in [1.54, 1.807) is 0 Å². The Bertz CT molecular complexity index is 222. The number of hydrogen-bond donors (Lipinski definition) is 1. The Morgan fingerprint density at radius 3 is 2.93 bits per heavy atom. The zero-order valence-corrected chi connectivity index (χ0v) is 8.99. The lowest BCUT2D eigenvalue weighted by atomic mass is 10.0. The summed E-state index contributed by atoms with van der Waals surface area (Å²) in [7, 11) is 0. The van der Waals surface area contributed by atoms with Crippen molar-refractivity contribution in [1.82, 2.24) is 4.90 Å². The van der Waals surface area contributed by atoms with Crippen LogP contribution in [0.3, 0.4) is 0 Å². The quantitative estimate of drug-likeness (QED) is 0.708. The van der Waals surface area contributed by atoms with Crippen molar-refractivity contribution in [3.8, 4) is 6.07 Å². The maximum Gasteiger partial charge on any atom is 0.0940 e. The smallest absolute Gasteiger partial charge is 0.0940 e. The molecule has 1 unspecified atom stereocenters. The number of nitrogens with two attached hydrogens (primary N) is 1. The van der Waals surface area contributed by atoms with Crippen molar-refractivity contribution in [2.45, 2.75) is 31.8 Å². The van der Waals surface area contributed by atoms with Crippen LogP contribution < -0.4 is 5.73 Å². The Labute approximate surface area is 85.6 Å². The Morgan fingerprint density at radius 2 is 2.36 bits per heavy atom. The molecule has 0 spiro atoms. The largest absolute Gasteiger partial charge is 0.378 e. The standard InChI is InChI=1S/C10H19N3O/c1-10(2)8-14-6-5-13(10)4-3-9(12)7-11/h9H,3-6,8,12H2,1-2H3. The van der Waals surface area contributed by atoms with Crippen LogP contribution in [0.15, 0.2) is 0 Å². The summed E-state index contributed by atoms with van der Waals surface area (Å²) in [5, 5.41) is 8.58. The molecule has 1 atom stereocenters. The highest BCUT2D eigenvalue weighted by Gasteiger charge is 2.30.